The molecule has 1 atom stereocenters. The van der Waals surface area contributed by atoms with E-state index in [0.29, 0.717) is 25.8 Å². The topological polar surface area (TPSA) is 32.7 Å². The van der Waals surface area contributed by atoms with Crippen molar-refractivity contribution in [2.75, 3.05) is 20.2 Å². The second kappa shape index (κ2) is 8.40. The predicted octanol–water partition coefficient (Wildman–Crippen LogP) is 2.83. The maximum atomic E-state index is 10.1. The van der Waals surface area contributed by atoms with Crippen molar-refractivity contribution in [2.24, 2.45) is 0 Å². The van der Waals surface area contributed by atoms with Crippen LogP contribution in [0.3, 0.4) is 0 Å². The lowest BCUT2D eigenvalue weighted by Crippen LogP contribution is -2.40. The maximum Gasteiger partial charge on any atom is 0.0900 e. The minimum Gasteiger partial charge on any atom is -0.389 e. The van der Waals surface area contributed by atoms with E-state index in [1.165, 1.54) is 32.1 Å². The summed E-state index contributed by atoms with van der Waals surface area (Å²) in [6.07, 6.45) is 6.17. The van der Waals surface area contributed by atoms with Gasteiger partial charge in [-0.25, -0.2) is 0 Å². The van der Waals surface area contributed by atoms with Crippen LogP contribution in [0.15, 0.2) is 30.3 Å². The molecule has 1 aliphatic rings. The molecule has 112 valence electrons. The Balaban J connectivity index is 1.63. The van der Waals surface area contributed by atoms with E-state index in [9.17, 15) is 5.11 Å². The monoisotopic (exact) mass is 277 g/mol. The molecule has 0 spiro atoms. The fourth-order valence-corrected chi connectivity index (χ4v) is 2.94. The molecule has 0 saturated heterocycles. The minimum absolute atomic E-state index is 0.398. The highest BCUT2D eigenvalue weighted by atomic mass is 16.5. The number of aliphatic hydroxyl groups is 1. The quantitative estimate of drug-likeness (QED) is 0.832. The van der Waals surface area contributed by atoms with Crippen LogP contribution in [0.5, 0.6) is 0 Å². The first kappa shape index (κ1) is 15.5. The summed E-state index contributed by atoms with van der Waals surface area (Å²) >= 11 is 0. The zero-order chi connectivity index (χ0) is 14.2. The van der Waals surface area contributed by atoms with Crippen molar-refractivity contribution >= 4 is 0 Å². The molecule has 20 heavy (non-hydrogen) atoms. The van der Waals surface area contributed by atoms with Crippen molar-refractivity contribution < 1.29 is 9.84 Å². The van der Waals surface area contributed by atoms with E-state index in [0.717, 1.165) is 5.56 Å². The number of nitrogens with zero attached hydrogens (tertiary/aromatic N) is 1. The first-order valence-corrected chi connectivity index (χ1v) is 7.75. The molecule has 0 bridgehead atoms. The summed E-state index contributed by atoms with van der Waals surface area (Å²) in [6.45, 7) is 1.69. The molecule has 2 rings (SSSR count). The number of likely N-dealkylation sites (N-methyl/N-ethyl adjacent to an activating group) is 1. The summed E-state index contributed by atoms with van der Waals surface area (Å²) in [4.78, 5) is 2.30. The molecular weight excluding hydrogens is 250 g/mol. The van der Waals surface area contributed by atoms with Gasteiger partial charge in [0.1, 0.15) is 0 Å². The van der Waals surface area contributed by atoms with E-state index in [2.05, 4.69) is 11.9 Å². The average molecular weight is 277 g/mol. The molecular formula is C17H27NO2. The Labute approximate surface area is 122 Å². The number of ether oxygens (including phenoxy) is 1. The molecule has 1 N–H and O–H groups in total. The number of benzene rings is 1. The van der Waals surface area contributed by atoms with Crippen molar-refractivity contribution in [3.05, 3.63) is 35.9 Å². The van der Waals surface area contributed by atoms with Crippen LogP contribution in [0.4, 0.5) is 0 Å². The molecule has 0 unspecified atom stereocenters. The predicted molar refractivity (Wildman–Crippen MR) is 81.6 cm³/mol. The first-order valence-electron chi connectivity index (χ1n) is 7.75. The number of hydrogen-bond acceptors (Lipinski definition) is 3. The van der Waals surface area contributed by atoms with Crippen LogP contribution >= 0.6 is 0 Å². The van der Waals surface area contributed by atoms with Gasteiger partial charge in [0, 0.05) is 12.6 Å². The lowest BCUT2D eigenvalue weighted by Gasteiger charge is -2.32. The van der Waals surface area contributed by atoms with Crippen LogP contribution < -0.4 is 0 Å². The van der Waals surface area contributed by atoms with Crippen LogP contribution in [0.2, 0.25) is 0 Å². The third kappa shape index (κ3) is 5.23. The molecule has 1 fully saturated rings. The molecule has 0 aliphatic heterocycles. The lowest BCUT2D eigenvalue weighted by molar-refractivity contribution is 0.00488. The Bertz CT molecular complexity index is 363. The van der Waals surface area contributed by atoms with Gasteiger partial charge in [-0.05, 0) is 25.5 Å². The average Bonchev–Trinajstić information content (AvgIpc) is 2.49. The Hall–Kier alpha value is -0.900. The third-order valence-corrected chi connectivity index (χ3v) is 4.12. The largest absolute Gasteiger partial charge is 0.389 e. The summed E-state index contributed by atoms with van der Waals surface area (Å²) in [5, 5.41) is 10.1. The highest BCUT2D eigenvalue weighted by molar-refractivity contribution is 5.13. The first-order chi connectivity index (χ1) is 9.75. The van der Waals surface area contributed by atoms with Gasteiger partial charge < -0.3 is 14.7 Å². The van der Waals surface area contributed by atoms with Gasteiger partial charge in [0.25, 0.3) is 0 Å². The lowest BCUT2D eigenvalue weighted by atomic mass is 9.94. The van der Waals surface area contributed by atoms with E-state index in [4.69, 9.17) is 4.74 Å². The summed E-state index contributed by atoms with van der Waals surface area (Å²) in [6, 6.07) is 10.7. The summed E-state index contributed by atoms with van der Waals surface area (Å²) in [5.74, 6) is 0. The fourth-order valence-electron chi connectivity index (χ4n) is 2.94. The molecule has 1 aliphatic carbocycles. The van der Waals surface area contributed by atoms with Crippen molar-refractivity contribution in [3.8, 4) is 0 Å². The van der Waals surface area contributed by atoms with Gasteiger partial charge in [-0.1, -0.05) is 49.6 Å². The van der Waals surface area contributed by atoms with E-state index in [-0.39, 0.29) is 0 Å². The smallest absolute Gasteiger partial charge is 0.0900 e. The molecule has 1 saturated carbocycles. The Morgan fingerprint density at radius 1 is 1.20 bits per heavy atom. The Morgan fingerprint density at radius 2 is 1.90 bits per heavy atom. The van der Waals surface area contributed by atoms with Crippen LogP contribution in [-0.4, -0.2) is 42.4 Å². The van der Waals surface area contributed by atoms with Gasteiger partial charge in [-0.15, -0.1) is 0 Å². The summed E-state index contributed by atoms with van der Waals surface area (Å²) < 4.78 is 5.59. The highest BCUT2D eigenvalue weighted by Crippen LogP contribution is 2.21. The number of rotatable bonds is 7. The van der Waals surface area contributed by atoms with E-state index < -0.39 is 6.10 Å². The van der Waals surface area contributed by atoms with E-state index in [1.54, 1.807) is 0 Å². The molecule has 1 aromatic rings. The zero-order valence-corrected chi connectivity index (χ0v) is 12.5. The molecule has 0 radical (unpaired) electrons. The Kier molecular flexibility index (Phi) is 6.51. The maximum absolute atomic E-state index is 10.1. The van der Waals surface area contributed by atoms with Crippen LogP contribution in [-0.2, 0) is 11.3 Å². The normalized spacial score (nSPS) is 18.4. The van der Waals surface area contributed by atoms with Crippen LogP contribution in [0, 0.1) is 0 Å². The van der Waals surface area contributed by atoms with Crippen molar-refractivity contribution in [2.45, 2.75) is 50.9 Å². The number of hydrogen-bond donors (Lipinski definition) is 1. The standard InChI is InChI=1S/C17H27NO2/c1-18(16-10-6-3-7-11-16)12-17(19)14-20-13-15-8-4-2-5-9-15/h2,4-5,8-9,16-17,19H,3,6-7,10-14H2,1H3/t17-/m0/s1. The van der Waals surface area contributed by atoms with Crippen molar-refractivity contribution in [3.63, 3.8) is 0 Å². The van der Waals surface area contributed by atoms with Gasteiger partial charge >= 0.3 is 0 Å². The molecule has 0 amide bonds. The third-order valence-electron chi connectivity index (χ3n) is 4.12. The van der Waals surface area contributed by atoms with Gasteiger partial charge in [0.2, 0.25) is 0 Å². The van der Waals surface area contributed by atoms with Gasteiger partial charge in [0.15, 0.2) is 0 Å². The zero-order valence-electron chi connectivity index (χ0n) is 12.5. The van der Waals surface area contributed by atoms with Crippen LogP contribution in [0.1, 0.15) is 37.7 Å². The molecule has 0 heterocycles. The van der Waals surface area contributed by atoms with Gasteiger partial charge in [0.05, 0.1) is 19.3 Å². The highest BCUT2D eigenvalue weighted by Gasteiger charge is 2.19. The minimum atomic E-state index is -0.398. The Morgan fingerprint density at radius 3 is 2.60 bits per heavy atom. The number of aliphatic hydroxyl groups excluding tert-OH is 1. The molecule has 0 aromatic heterocycles. The molecule has 3 heteroatoms. The van der Waals surface area contributed by atoms with Crippen molar-refractivity contribution in [1.29, 1.82) is 0 Å². The summed E-state index contributed by atoms with van der Waals surface area (Å²) in [5.41, 5.74) is 1.15. The van der Waals surface area contributed by atoms with Gasteiger partial charge in [-0.2, -0.15) is 0 Å². The molecule has 1 aromatic carbocycles. The van der Waals surface area contributed by atoms with Crippen molar-refractivity contribution in [1.82, 2.24) is 4.90 Å². The van der Waals surface area contributed by atoms with E-state index >= 15 is 0 Å². The van der Waals surface area contributed by atoms with Crippen LogP contribution in [0.25, 0.3) is 0 Å². The molecule has 3 nitrogen and oxygen atoms in total. The SMILES string of the molecule is CN(C[C@H](O)COCc1ccccc1)C1CCCCC1. The fraction of sp³-hybridized carbons (Fsp3) is 0.647. The summed E-state index contributed by atoms with van der Waals surface area (Å²) in [7, 11) is 2.12. The second-order valence-corrected chi connectivity index (χ2v) is 5.89. The second-order valence-electron chi connectivity index (χ2n) is 5.89. The van der Waals surface area contributed by atoms with E-state index in [1.807, 2.05) is 30.3 Å². The van der Waals surface area contributed by atoms with Gasteiger partial charge in [-0.3, -0.25) is 0 Å².